The molecule has 6 aromatic carbocycles. The van der Waals surface area contributed by atoms with E-state index >= 15 is 0 Å². The number of hydrogen-bond acceptors (Lipinski definition) is 12. The first-order chi connectivity index (χ1) is 45.5. The molecule has 94 heavy (non-hydrogen) atoms. The van der Waals surface area contributed by atoms with Crippen LogP contribution in [-0.4, -0.2) is 109 Å². The van der Waals surface area contributed by atoms with Gasteiger partial charge in [-0.1, -0.05) is 36.4 Å². The minimum atomic E-state index is -0.848. The molecular formula is C73H88N12O9. The van der Waals surface area contributed by atoms with E-state index < -0.39 is 24.0 Å². The van der Waals surface area contributed by atoms with Crippen molar-refractivity contribution in [3.8, 4) is 17.2 Å². The van der Waals surface area contributed by atoms with Crippen molar-refractivity contribution in [3.63, 3.8) is 0 Å². The molecule has 3 heterocycles. The van der Waals surface area contributed by atoms with Gasteiger partial charge in [-0.2, -0.15) is 0 Å². The van der Waals surface area contributed by atoms with Gasteiger partial charge in [-0.3, -0.25) is 28.8 Å². The van der Waals surface area contributed by atoms with Crippen LogP contribution in [0.25, 0.3) is 32.7 Å². The number of hydrogen-bond donors (Lipinski definition) is 12. The number of carbonyl (C=O) groups excluding carboxylic acids is 6. The molecule has 0 aliphatic heterocycles. The minimum Gasteiger partial charge on any atom is -0.497 e. The van der Waals surface area contributed by atoms with Crippen LogP contribution in [0.5, 0.6) is 17.2 Å². The molecule has 9 aromatic rings. The number of ether oxygens (including phenoxy) is 3. The van der Waals surface area contributed by atoms with E-state index in [2.05, 4.69) is 46.9 Å². The number of amides is 6. The van der Waals surface area contributed by atoms with Crippen molar-refractivity contribution in [1.82, 2.24) is 30.9 Å². The summed E-state index contributed by atoms with van der Waals surface area (Å²) in [6, 6.07) is 36.9. The van der Waals surface area contributed by atoms with Gasteiger partial charge >= 0.3 is 0 Å². The monoisotopic (exact) mass is 1280 g/mol. The Kier molecular flexibility index (Phi) is 23.7. The topological polar surface area (TPSA) is 328 Å². The fourth-order valence-corrected chi connectivity index (χ4v) is 12.2. The van der Waals surface area contributed by atoms with Gasteiger partial charge in [0.05, 0.1) is 40.6 Å². The number of aromatic nitrogens is 3. The predicted octanol–water partition coefficient (Wildman–Crippen LogP) is 9.65. The van der Waals surface area contributed by atoms with Crippen molar-refractivity contribution in [2.75, 3.05) is 56.9 Å². The largest absolute Gasteiger partial charge is 0.497 e. The highest BCUT2D eigenvalue weighted by Crippen LogP contribution is 2.35. The molecule has 0 saturated carbocycles. The third-order valence-electron chi connectivity index (χ3n) is 17.3. The van der Waals surface area contributed by atoms with E-state index in [0.29, 0.717) is 112 Å². The fraction of sp³-hybridized carbons (Fsp3) is 0.342. The van der Waals surface area contributed by atoms with Crippen LogP contribution in [0.4, 0.5) is 17.1 Å². The number of unbranched alkanes of at least 4 members (excludes halogenated alkanes) is 3. The maximum absolute atomic E-state index is 14.2. The van der Waals surface area contributed by atoms with Crippen LogP contribution in [0.1, 0.15) is 114 Å². The van der Waals surface area contributed by atoms with Crippen molar-refractivity contribution < 1.29 is 43.0 Å². The molecule has 9 rings (SSSR count). The summed E-state index contributed by atoms with van der Waals surface area (Å²) >= 11 is 0. The van der Waals surface area contributed by atoms with Crippen molar-refractivity contribution in [2.24, 2.45) is 17.2 Å². The normalized spacial score (nSPS) is 12.3. The molecule has 0 saturated heterocycles. The van der Waals surface area contributed by atoms with Crippen LogP contribution in [0.2, 0.25) is 0 Å². The van der Waals surface area contributed by atoms with Gasteiger partial charge in [-0.25, -0.2) is 0 Å². The summed E-state index contributed by atoms with van der Waals surface area (Å²) < 4.78 is 16.4. The standard InChI is InChI=1S/C73H88N12O9/c1-43-55(58-37-52(92-4)28-31-61(58)77-43)40-67(86)83-64(13-7-10-34-74)71(89)80-49-22-16-46(17-23-49)70(47-18-24-50(25-19-47)81-72(90)65(14-8-11-35-75)84-68(87)41-56-44(2)78-62-32-29-53(93-5)38-59(56)62)48-20-26-51(27-21-48)82-73(91)66(15-9-12-36-76)85-69(88)42-57-45(3)79-63-33-30-54(94-6)39-60(57)63/h16-33,37-39,64-66,70,77-79H,7-15,34-36,40-42,74-76H2,1-6H3,(H,80,89)(H,81,90)(H,82,91)(H,83,86)(H,84,87)(H,85,88)/t64-,65-,66-/m0/s1. The lowest BCUT2D eigenvalue weighted by molar-refractivity contribution is -0.126. The van der Waals surface area contributed by atoms with E-state index in [-0.39, 0.29) is 54.7 Å². The Hall–Kier alpha value is -9.96. The van der Waals surface area contributed by atoms with Crippen LogP contribution in [0.3, 0.4) is 0 Å². The van der Waals surface area contributed by atoms with Crippen molar-refractivity contribution in [1.29, 1.82) is 0 Å². The predicted molar refractivity (Wildman–Crippen MR) is 371 cm³/mol. The summed E-state index contributed by atoms with van der Waals surface area (Å²) in [5, 5.41) is 20.7. The van der Waals surface area contributed by atoms with Crippen molar-refractivity contribution in [2.45, 2.75) is 122 Å². The summed E-state index contributed by atoms with van der Waals surface area (Å²) in [6.45, 7) is 7.07. The lowest BCUT2D eigenvalue weighted by Gasteiger charge is -2.22. The van der Waals surface area contributed by atoms with Crippen LogP contribution < -0.4 is 63.3 Å². The van der Waals surface area contributed by atoms with Gasteiger partial charge in [0.25, 0.3) is 0 Å². The van der Waals surface area contributed by atoms with Crippen LogP contribution in [0.15, 0.2) is 127 Å². The smallest absolute Gasteiger partial charge is 0.246 e. The van der Waals surface area contributed by atoms with Gasteiger partial charge in [-0.15, -0.1) is 0 Å². The zero-order valence-corrected chi connectivity index (χ0v) is 54.4. The molecule has 0 aliphatic rings. The van der Waals surface area contributed by atoms with E-state index in [4.69, 9.17) is 31.4 Å². The molecule has 0 unspecified atom stereocenters. The molecule has 21 heteroatoms. The summed E-state index contributed by atoms with van der Waals surface area (Å²) in [7, 11) is 4.78. The van der Waals surface area contributed by atoms with Crippen LogP contribution >= 0.6 is 0 Å². The minimum absolute atomic E-state index is 0.0475. The van der Waals surface area contributed by atoms with E-state index in [1.807, 2.05) is 148 Å². The molecule has 494 valence electrons. The highest BCUT2D eigenvalue weighted by Gasteiger charge is 2.27. The number of aromatic amines is 3. The average molecular weight is 1280 g/mol. The average Bonchev–Trinajstić information content (AvgIpc) is 1.53. The molecule has 0 aliphatic carbocycles. The van der Waals surface area contributed by atoms with E-state index in [1.54, 1.807) is 21.3 Å². The van der Waals surface area contributed by atoms with Gasteiger partial charge in [0.1, 0.15) is 35.4 Å². The number of H-pyrrole nitrogens is 3. The Labute approximate surface area is 547 Å². The first-order valence-electron chi connectivity index (χ1n) is 32.2. The van der Waals surface area contributed by atoms with E-state index in [0.717, 1.165) is 83.2 Å². The van der Waals surface area contributed by atoms with E-state index in [1.165, 1.54) is 0 Å². The Balaban J connectivity index is 0.943. The summed E-state index contributed by atoms with van der Waals surface area (Å²) in [4.78, 5) is 94.0. The number of methoxy groups -OCH3 is 3. The number of rotatable bonds is 33. The maximum Gasteiger partial charge on any atom is 0.246 e. The number of fused-ring (bicyclic) bond motifs is 3. The van der Waals surface area contributed by atoms with Crippen molar-refractivity contribution >= 4 is 85.2 Å². The van der Waals surface area contributed by atoms with Gasteiger partial charge in [0.2, 0.25) is 35.4 Å². The lowest BCUT2D eigenvalue weighted by Crippen LogP contribution is -2.44. The van der Waals surface area contributed by atoms with Gasteiger partial charge in [-0.05, 0) is 223 Å². The number of benzene rings is 6. The second-order valence-corrected chi connectivity index (χ2v) is 23.9. The first-order valence-corrected chi connectivity index (χ1v) is 32.2. The van der Waals surface area contributed by atoms with Gasteiger partial charge < -0.3 is 78.3 Å². The highest BCUT2D eigenvalue weighted by molar-refractivity contribution is 6.01. The molecule has 21 nitrogen and oxygen atoms in total. The molecule has 6 amide bonds. The number of carbonyl (C=O) groups is 6. The molecule has 3 atom stereocenters. The maximum atomic E-state index is 14.2. The molecule has 3 aromatic heterocycles. The molecule has 0 bridgehead atoms. The molecular weight excluding hydrogens is 1190 g/mol. The second-order valence-electron chi connectivity index (χ2n) is 23.9. The summed E-state index contributed by atoms with van der Waals surface area (Å²) in [6.07, 6.45) is 5.14. The van der Waals surface area contributed by atoms with Crippen LogP contribution in [-0.2, 0) is 48.0 Å². The molecule has 0 spiro atoms. The quantitative estimate of drug-likeness (QED) is 0.0135. The number of nitrogens with one attached hydrogen (secondary N) is 9. The number of anilines is 3. The van der Waals surface area contributed by atoms with Crippen molar-refractivity contribution in [3.05, 3.63) is 178 Å². The SMILES string of the molecule is COc1ccc2[nH]c(C)c(CC(=O)N[C@@H](CCCCN)C(=O)Nc3ccc(C(c4ccc(NC(=O)[C@H](CCCCN)NC(=O)Cc5c(C)[nH]c6ccc(OC)cc56)cc4)c4ccc(NC(=O)[C@H](CCCCN)NC(=O)Cc5c(C)[nH]c6ccc(OC)cc56)cc4)cc3)c2c1. The third kappa shape index (κ3) is 17.4. The van der Waals surface area contributed by atoms with Gasteiger partial charge in [0, 0.05) is 72.8 Å². The number of aryl methyl sites for hydroxylation is 3. The summed E-state index contributed by atoms with van der Waals surface area (Å²) in [5.74, 6) is -0.450. The Morgan fingerprint density at radius 1 is 0.383 bits per heavy atom. The summed E-state index contributed by atoms with van der Waals surface area (Å²) in [5.41, 5.74) is 29.3. The Morgan fingerprint density at radius 2 is 0.649 bits per heavy atom. The van der Waals surface area contributed by atoms with E-state index in [9.17, 15) is 28.8 Å². The zero-order valence-electron chi connectivity index (χ0n) is 54.4. The number of nitrogens with two attached hydrogens (primary N) is 3. The zero-order chi connectivity index (χ0) is 66.8. The van der Waals surface area contributed by atoms with Gasteiger partial charge in [0.15, 0.2) is 0 Å². The highest BCUT2D eigenvalue weighted by atomic mass is 16.5. The van der Waals surface area contributed by atoms with Crippen LogP contribution in [0, 0.1) is 20.8 Å². The molecule has 0 fully saturated rings. The third-order valence-corrected chi connectivity index (χ3v) is 17.3. The Bertz CT molecular complexity index is 3680. The molecule has 0 radical (unpaired) electrons. The lowest BCUT2D eigenvalue weighted by atomic mass is 9.85. The first kappa shape index (κ1) is 68.4. The molecule has 15 N–H and O–H groups in total. The Morgan fingerprint density at radius 3 is 0.894 bits per heavy atom. The fourth-order valence-electron chi connectivity index (χ4n) is 12.2. The second kappa shape index (κ2) is 32.5.